The molecular weight excluding hydrogens is 367 g/mol. The van der Waals surface area contributed by atoms with E-state index >= 15 is 0 Å². The Morgan fingerprint density at radius 3 is 2.92 bits per heavy atom. The van der Waals surface area contributed by atoms with Crippen LogP contribution in [0.4, 0.5) is 10.8 Å². The van der Waals surface area contributed by atoms with Gasteiger partial charge in [0.05, 0.1) is 17.3 Å². The smallest absolute Gasteiger partial charge is 0.238 e. The van der Waals surface area contributed by atoms with Crippen LogP contribution in [-0.2, 0) is 4.79 Å². The van der Waals surface area contributed by atoms with Crippen LogP contribution < -0.4 is 10.2 Å². The third-order valence-corrected chi connectivity index (χ3v) is 5.24. The van der Waals surface area contributed by atoms with Crippen molar-refractivity contribution in [2.45, 2.75) is 6.42 Å². The zero-order chi connectivity index (χ0) is 16.9. The van der Waals surface area contributed by atoms with Crippen molar-refractivity contribution in [3.8, 4) is 0 Å². The number of halogens is 2. The predicted octanol–water partition coefficient (Wildman–Crippen LogP) is 3.60. The van der Waals surface area contributed by atoms with Gasteiger partial charge in [-0.3, -0.25) is 9.69 Å². The maximum Gasteiger partial charge on any atom is 0.238 e. The Morgan fingerprint density at radius 2 is 2.12 bits per heavy atom. The van der Waals surface area contributed by atoms with Crippen molar-refractivity contribution in [1.82, 2.24) is 9.88 Å². The summed E-state index contributed by atoms with van der Waals surface area (Å²) >= 11 is 13.7. The maximum atomic E-state index is 12.3. The van der Waals surface area contributed by atoms with Crippen LogP contribution in [-0.4, -0.2) is 48.5 Å². The summed E-state index contributed by atoms with van der Waals surface area (Å²) < 4.78 is 0. The molecule has 5 nitrogen and oxygen atoms in total. The molecule has 0 atom stereocenters. The number of hydrogen-bond donors (Lipinski definition) is 1. The van der Waals surface area contributed by atoms with Gasteiger partial charge in [-0.1, -0.05) is 23.2 Å². The topological polar surface area (TPSA) is 48.5 Å². The summed E-state index contributed by atoms with van der Waals surface area (Å²) in [6, 6.07) is 5.04. The molecule has 1 aliphatic heterocycles. The summed E-state index contributed by atoms with van der Waals surface area (Å²) in [4.78, 5) is 21.1. The number of amides is 1. The van der Waals surface area contributed by atoms with Crippen LogP contribution in [0.1, 0.15) is 6.42 Å². The van der Waals surface area contributed by atoms with E-state index in [1.165, 1.54) is 0 Å². The Balaban J connectivity index is 1.54. The molecule has 0 aliphatic carbocycles. The third-order valence-electron chi connectivity index (χ3n) is 3.85. The number of carbonyl (C=O) groups excluding carboxylic acids is 1. The minimum absolute atomic E-state index is 0.0816. The van der Waals surface area contributed by atoms with E-state index in [1.807, 2.05) is 11.6 Å². The minimum atomic E-state index is -0.0816. The van der Waals surface area contributed by atoms with Crippen molar-refractivity contribution >= 4 is 51.3 Å². The molecule has 24 heavy (non-hydrogen) atoms. The van der Waals surface area contributed by atoms with Crippen molar-refractivity contribution in [3.63, 3.8) is 0 Å². The fourth-order valence-corrected chi connectivity index (χ4v) is 3.71. The maximum absolute atomic E-state index is 12.3. The van der Waals surface area contributed by atoms with Crippen LogP contribution in [0.25, 0.3) is 0 Å². The number of hydrogen-bond acceptors (Lipinski definition) is 5. The molecule has 2 aromatic rings. The van der Waals surface area contributed by atoms with Gasteiger partial charge in [0, 0.05) is 42.8 Å². The highest BCUT2D eigenvalue weighted by Crippen LogP contribution is 2.25. The average molecular weight is 385 g/mol. The summed E-state index contributed by atoms with van der Waals surface area (Å²) in [5.41, 5.74) is 0.549. The number of nitrogens with one attached hydrogen (secondary N) is 1. The largest absolute Gasteiger partial charge is 0.347 e. The molecule has 8 heteroatoms. The number of rotatable bonds is 4. The number of thiazole rings is 1. The van der Waals surface area contributed by atoms with Crippen LogP contribution >= 0.6 is 34.5 Å². The predicted molar refractivity (Wildman–Crippen MR) is 100 cm³/mol. The molecule has 0 saturated carbocycles. The first-order chi connectivity index (χ1) is 11.6. The van der Waals surface area contributed by atoms with Gasteiger partial charge in [-0.25, -0.2) is 4.98 Å². The fraction of sp³-hybridized carbons (Fsp3) is 0.375. The molecule has 1 aromatic carbocycles. The van der Waals surface area contributed by atoms with E-state index in [0.29, 0.717) is 22.3 Å². The monoisotopic (exact) mass is 384 g/mol. The van der Waals surface area contributed by atoms with E-state index in [4.69, 9.17) is 23.2 Å². The second-order valence-corrected chi connectivity index (χ2v) is 7.32. The van der Waals surface area contributed by atoms with Gasteiger partial charge in [0.2, 0.25) is 5.91 Å². The molecular formula is C16H18Cl2N4OS. The molecule has 1 aliphatic rings. The highest BCUT2D eigenvalue weighted by atomic mass is 35.5. The molecule has 2 heterocycles. The number of aromatic nitrogens is 1. The molecule has 1 N–H and O–H groups in total. The van der Waals surface area contributed by atoms with Gasteiger partial charge in [0.15, 0.2) is 5.13 Å². The van der Waals surface area contributed by atoms with Gasteiger partial charge < -0.3 is 10.2 Å². The quantitative estimate of drug-likeness (QED) is 0.874. The number of benzene rings is 1. The van der Waals surface area contributed by atoms with E-state index in [1.54, 1.807) is 29.5 Å². The van der Waals surface area contributed by atoms with Crippen molar-refractivity contribution in [3.05, 3.63) is 39.8 Å². The first-order valence-corrected chi connectivity index (χ1v) is 9.37. The molecule has 128 valence electrons. The molecule has 0 radical (unpaired) electrons. The summed E-state index contributed by atoms with van der Waals surface area (Å²) in [7, 11) is 0. The van der Waals surface area contributed by atoms with E-state index < -0.39 is 0 Å². The minimum Gasteiger partial charge on any atom is -0.347 e. The Kier molecular flexibility index (Phi) is 5.94. The Labute approximate surface area is 155 Å². The average Bonchev–Trinajstić information content (AvgIpc) is 2.99. The molecule has 1 fully saturated rings. The lowest BCUT2D eigenvalue weighted by Crippen LogP contribution is -2.36. The van der Waals surface area contributed by atoms with Crippen molar-refractivity contribution in [1.29, 1.82) is 0 Å². The molecule has 0 spiro atoms. The molecule has 3 rings (SSSR count). The lowest BCUT2D eigenvalue weighted by Gasteiger charge is -2.21. The van der Waals surface area contributed by atoms with Crippen LogP contribution in [0.15, 0.2) is 29.8 Å². The van der Waals surface area contributed by atoms with Crippen LogP contribution in [0, 0.1) is 0 Å². The van der Waals surface area contributed by atoms with Gasteiger partial charge in [0.25, 0.3) is 0 Å². The van der Waals surface area contributed by atoms with Crippen LogP contribution in [0.2, 0.25) is 10.0 Å². The normalized spacial score (nSPS) is 16.0. The molecule has 0 unspecified atom stereocenters. The standard InChI is InChI=1S/C16H18Cl2N4OS/c17-12-2-3-13(18)14(10-12)20-15(23)11-21-5-1-6-22(8-7-21)16-19-4-9-24-16/h2-4,9-10H,1,5-8,11H2,(H,20,23). The fourth-order valence-electron chi connectivity index (χ4n) is 2.68. The summed E-state index contributed by atoms with van der Waals surface area (Å²) in [5, 5.41) is 6.90. The Hall–Kier alpha value is -1.34. The summed E-state index contributed by atoms with van der Waals surface area (Å²) in [6.07, 6.45) is 2.83. The summed E-state index contributed by atoms with van der Waals surface area (Å²) in [5.74, 6) is -0.0816. The van der Waals surface area contributed by atoms with E-state index in [0.717, 1.165) is 37.7 Å². The zero-order valence-electron chi connectivity index (χ0n) is 13.0. The second kappa shape index (κ2) is 8.16. The van der Waals surface area contributed by atoms with Crippen LogP contribution in [0.3, 0.4) is 0 Å². The van der Waals surface area contributed by atoms with E-state index in [9.17, 15) is 4.79 Å². The van der Waals surface area contributed by atoms with Crippen molar-refractivity contribution in [2.75, 3.05) is 42.9 Å². The van der Waals surface area contributed by atoms with Crippen molar-refractivity contribution in [2.24, 2.45) is 0 Å². The van der Waals surface area contributed by atoms with Gasteiger partial charge in [-0.2, -0.15) is 0 Å². The number of carbonyl (C=O) groups is 1. The first kappa shape index (κ1) is 17.5. The first-order valence-electron chi connectivity index (χ1n) is 7.73. The lowest BCUT2D eigenvalue weighted by molar-refractivity contribution is -0.117. The molecule has 1 saturated heterocycles. The highest BCUT2D eigenvalue weighted by molar-refractivity contribution is 7.13. The van der Waals surface area contributed by atoms with Crippen LogP contribution in [0.5, 0.6) is 0 Å². The van der Waals surface area contributed by atoms with Crippen molar-refractivity contribution < 1.29 is 4.79 Å². The highest BCUT2D eigenvalue weighted by Gasteiger charge is 2.18. The van der Waals surface area contributed by atoms with Gasteiger partial charge >= 0.3 is 0 Å². The number of anilines is 2. The lowest BCUT2D eigenvalue weighted by atomic mass is 10.3. The second-order valence-electron chi connectivity index (χ2n) is 5.60. The SMILES string of the molecule is O=C(CN1CCCN(c2nccs2)CC1)Nc1cc(Cl)ccc1Cl. The third kappa shape index (κ3) is 4.60. The summed E-state index contributed by atoms with van der Waals surface area (Å²) in [6.45, 7) is 3.90. The Morgan fingerprint density at radius 1 is 1.25 bits per heavy atom. The van der Waals surface area contributed by atoms with Gasteiger partial charge in [0.1, 0.15) is 0 Å². The molecule has 1 amide bonds. The molecule has 0 bridgehead atoms. The van der Waals surface area contributed by atoms with E-state index in [2.05, 4.69) is 20.1 Å². The van der Waals surface area contributed by atoms with Gasteiger partial charge in [-0.15, -0.1) is 11.3 Å². The Bertz CT molecular complexity index is 695. The van der Waals surface area contributed by atoms with Gasteiger partial charge in [-0.05, 0) is 24.6 Å². The number of nitrogens with zero attached hydrogens (tertiary/aromatic N) is 3. The van der Waals surface area contributed by atoms with E-state index in [-0.39, 0.29) is 5.91 Å². The zero-order valence-corrected chi connectivity index (χ0v) is 15.4. The molecule has 1 aromatic heterocycles.